The average Bonchev–Trinajstić information content (AvgIpc) is 2.53. The number of para-hydroxylation sites is 1. The summed E-state index contributed by atoms with van der Waals surface area (Å²) < 4.78 is 18.9. The highest BCUT2D eigenvalue weighted by Gasteiger charge is 2.23. The lowest BCUT2D eigenvalue weighted by atomic mass is 10.1. The van der Waals surface area contributed by atoms with Gasteiger partial charge in [-0.1, -0.05) is 42.5 Å². The molecule has 5 heteroatoms. The zero-order valence-electron chi connectivity index (χ0n) is 13.9. The van der Waals surface area contributed by atoms with Gasteiger partial charge in [0.15, 0.2) is 18.2 Å². The molecule has 0 aliphatic carbocycles. The van der Waals surface area contributed by atoms with Gasteiger partial charge in [0.05, 0.1) is 5.60 Å². The largest absolute Gasteiger partial charge is 0.481 e. The molecule has 2 rings (SSSR count). The molecule has 0 spiro atoms. The van der Waals surface area contributed by atoms with Gasteiger partial charge < -0.3 is 14.7 Å². The SMILES string of the molecule is CC(C)(O)CN(Cc1ccccc1)C(=O)COc1ccccc1F. The molecule has 1 amide bonds. The van der Waals surface area contributed by atoms with Gasteiger partial charge in [0.2, 0.25) is 0 Å². The maximum Gasteiger partial charge on any atom is 0.260 e. The Morgan fingerprint density at radius 3 is 2.38 bits per heavy atom. The van der Waals surface area contributed by atoms with E-state index in [2.05, 4.69) is 0 Å². The van der Waals surface area contributed by atoms with Gasteiger partial charge in [-0.3, -0.25) is 4.79 Å². The van der Waals surface area contributed by atoms with Gasteiger partial charge >= 0.3 is 0 Å². The van der Waals surface area contributed by atoms with E-state index >= 15 is 0 Å². The topological polar surface area (TPSA) is 49.8 Å². The van der Waals surface area contributed by atoms with Gasteiger partial charge in [0.25, 0.3) is 5.91 Å². The van der Waals surface area contributed by atoms with Crippen LogP contribution in [0.2, 0.25) is 0 Å². The minimum absolute atomic E-state index is 0.0359. The Kier molecular flexibility index (Phi) is 5.93. The molecule has 2 aromatic rings. The normalized spacial score (nSPS) is 11.2. The minimum atomic E-state index is -1.04. The summed E-state index contributed by atoms with van der Waals surface area (Å²) in [6.07, 6.45) is 0. The van der Waals surface area contributed by atoms with Crippen molar-refractivity contribution >= 4 is 5.91 Å². The maximum atomic E-state index is 13.6. The molecule has 0 saturated heterocycles. The van der Waals surface area contributed by atoms with E-state index < -0.39 is 11.4 Å². The minimum Gasteiger partial charge on any atom is -0.481 e. The Balaban J connectivity index is 2.05. The van der Waals surface area contributed by atoms with Crippen LogP contribution < -0.4 is 4.74 Å². The number of aliphatic hydroxyl groups is 1. The molecule has 0 saturated carbocycles. The third kappa shape index (κ3) is 5.66. The summed E-state index contributed by atoms with van der Waals surface area (Å²) in [6.45, 7) is 3.49. The van der Waals surface area contributed by atoms with E-state index in [0.717, 1.165) is 5.56 Å². The van der Waals surface area contributed by atoms with Gasteiger partial charge in [-0.05, 0) is 31.5 Å². The Labute approximate surface area is 141 Å². The summed E-state index contributed by atoms with van der Waals surface area (Å²) in [7, 11) is 0. The number of hydrogen-bond donors (Lipinski definition) is 1. The van der Waals surface area contributed by atoms with E-state index in [1.54, 1.807) is 26.0 Å². The predicted molar refractivity (Wildman–Crippen MR) is 90.1 cm³/mol. The second-order valence-corrected chi connectivity index (χ2v) is 6.27. The van der Waals surface area contributed by atoms with Crippen LogP contribution in [0.1, 0.15) is 19.4 Å². The molecule has 0 atom stereocenters. The van der Waals surface area contributed by atoms with Crippen molar-refractivity contribution in [3.8, 4) is 5.75 Å². The van der Waals surface area contributed by atoms with Crippen molar-refractivity contribution in [2.45, 2.75) is 26.0 Å². The van der Waals surface area contributed by atoms with Crippen LogP contribution in [-0.4, -0.2) is 34.7 Å². The Morgan fingerprint density at radius 2 is 1.75 bits per heavy atom. The molecule has 0 fully saturated rings. The summed E-state index contributed by atoms with van der Waals surface area (Å²) in [6, 6.07) is 15.4. The lowest BCUT2D eigenvalue weighted by molar-refractivity contribution is -0.137. The van der Waals surface area contributed by atoms with Crippen LogP contribution in [0, 0.1) is 5.82 Å². The van der Waals surface area contributed by atoms with Crippen molar-refractivity contribution in [1.82, 2.24) is 4.90 Å². The first-order chi connectivity index (χ1) is 11.3. The van der Waals surface area contributed by atoms with Crippen molar-refractivity contribution in [3.05, 3.63) is 66.0 Å². The number of benzene rings is 2. The fourth-order valence-corrected chi connectivity index (χ4v) is 2.30. The Morgan fingerprint density at radius 1 is 1.12 bits per heavy atom. The fraction of sp³-hybridized carbons (Fsp3) is 0.316. The number of carbonyl (C=O) groups is 1. The highest BCUT2D eigenvalue weighted by molar-refractivity contribution is 5.77. The van der Waals surface area contributed by atoms with E-state index in [-0.39, 0.29) is 24.8 Å². The van der Waals surface area contributed by atoms with Gasteiger partial charge in [0, 0.05) is 13.1 Å². The molecule has 0 heterocycles. The van der Waals surface area contributed by atoms with Crippen LogP contribution in [0.15, 0.2) is 54.6 Å². The molecule has 4 nitrogen and oxygen atoms in total. The van der Waals surface area contributed by atoms with Crippen LogP contribution in [0.4, 0.5) is 4.39 Å². The number of ether oxygens (including phenoxy) is 1. The third-order valence-corrected chi connectivity index (χ3v) is 3.33. The smallest absolute Gasteiger partial charge is 0.260 e. The summed E-state index contributed by atoms with van der Waals surface area (Å²) in [5.41, 5.74) is -0.0939. The maximum absolute atomic E-state index is 13.6. The number of halogens is 1. The van der Waals surface area contributed by atoms with E-state index in [1.165, 1.54) is 17.0 Å². The van der Waals surface area contributed by atoms with Gasteiger partial charge in [0.1, 0.15) is 0 Å². The second-order valence-electron chi connectivity index (χ2n) is 6.27. The van der Waals surface area contributed by atoms with Crippen LogP contribution >= 0.6 is 0 Å². The molecule has 0 aliphatic heterocycles. The van der Waals surface area contributed by atoms with Crippen molar-refractivity contribution in [3.63, 3.8) is 0 Å². The van der Waals surface area contributed by atoms with Crippen LogP contribution in [-0.2, 0) is 11.3 Å². The number of rotatable bonds is 7. The summed E-state index contributed by atoms with van der Waals surface area (Å²) in [5.74, 6) is -0.791. The molecule has 0 aliphatic rings. The summed E-state index contributed by atoms with van der Waals surface area (Å²) >= 11 is 0. The number of hydrogen-bond acceptors (Lipinski definition) is 3. The van der Waals surface area contributed by atoms with Crippen molar-refractivity contribution in [1.29, 1.82) is 0 Å². The summed E-state index contributed by atoms with van der Waals surface area (Å²) in [4.78, 5) is 14.0. The van der Waals surface area contributed by atoms with Crippen LogP contribution in [0.25, 0.3) is 0 Å². The van der Waals surface area contributed by atoms with Crippen LogP contribution in [0.3, 0.4) is 0 Å². The average molecular weight is 331 g/mol. The van der Waals surface area contributed by atoms with Crippen molar-refractivity contribution < 1.29 is 19.0 Å². The molecule has 24 heavy (non-hydrogen) atoms. The van der Waals surface area contributed by atoms with Crippen molar-refractivity contribution in [2.24, 2.45) is 0 Å². The molecule has 0 radical (unpaired) electrons. The van der Waals surface area contributed by atoms with E-state index in [4.69, 9.17) is 4.74 Å². The highest BCUT2D eigenvalue weighted by atomic mass is 19.1. The number of amides is 1. The second kappa shape index (κ2) is 7.93. The Bertz CT molecular complexity index is 668. The van der Waals surface area contributed by atoms with E-state index in [9.17, 15) is 14.3 Å². The number of carbonyl (C=O) groups excluding carboxylic acids is 1. The first-order valence-electron chi connectivity index (χ1n) is 7.76. The first-order valence-corrected chi connectivity index (χ1v) is 7.76. The number of nitrogens with zero attached hydrogens (tertiary/aromatic N) is 1. The first kappa shape index (κ1) is 17.9. The molecule has 128 valence electrons. The predicted octanol–water partition coefficient (Wildman–Crippen LogP) is 3.00. The molecule has 0 aromatic heterocycles. The molecular weight excluding hydrogens is 309 g/mol. The fourth-order valence-electron chi connectivity index (χ4n) is 2.30. The molecule has 0 bridgehead atoms. The van der Waals surface area contributed by atoms with E-state index in [0.29, 0.717) is 6.54 Å². The zero-order valence-corrected chi connectivity index (χ0v) is 13.9. The highest BCUT2D eigenvalue weighted by Crippen LogP contribution is 2.16. The summed E-state index contributed by atoms with van der Waals surface area (Å²) in [5, 5.41) is 10.0. The Hall–Kier alpha value is -2.40. The van der Waals surface area contributed by atoms with Gasteiger partial charge in [-0.2, -0.15) is 0 Å². The molecular formula is C19H22FNO3. The molecule has 2 aromatic carbocycles. The molecule has 0 unspecified atom stereocenters. The van der Waals surface area contributed by atoms with E-state index in [1.807, 2.05) is 30.3 Å². The van der Waals surface area contributed by atoms with Gasteiger partial charge in [-0.25, -0.2) is 4.39 Å². The third-order valence-electron chi connectivity index (χ3n) is 3.33. The lowest BCUT2D eigenvalue weighted by Crippen LogP contribution is -2.43. The standard InChI is InChI=1S/C19H22FNO3/c1-19(2,23)14-21(12-15-8-4-3-5-9-15)18(22)13-24-17-11-7-6-10-16(17)20/h3-11,23H,12-14H2,1-2H3. The van der Waals surface area contributed by atoms with Gasteiger partial charge in [-0.15, -0.1) is 0 Å². The zero-order chi connectivity index (χ0) is 17.6. The lowest BCUT2D eigenvalue weighted by Gasteiger charge is -2.29. The van der Waals surface area contributed by atoms with Crippen LogP contribution in [0.5, 0.6) is 5.75 Å². The van der Waals surface area contributed by atoms with Crippen molar-refractivity contribution in [2.75, 3.05) is 13.2 Å². The quantitative estimate of drug-likeness (QED) is 0.848. The monoisotopic (exact) mass is 331 g/mol. The molecule has 1 N–H and O–H groups in total.